The maximum Gasteiger partial charge on any atom is 0.335 e. The normalized spacial score (nSPS) is 21.0. The van der Waals surface area contributed by atoms with Crippen LogP contribution in [0.4, 0.5) is 0 Å². The van der Waals surface area contributed by atoms with E-state index in [-0.39, 0.29) is 37.4 Å². The third kappa shape index (κ3) is 8.80. The van der Waals surface area contributed by atoms with Crippen LogP contribution in [-0.2, 0) is 34.5 Å². The van der Waals surface area contributed by atoms with Gasteiger partial charge in [-0.25, -0.2) is 4.79 Å². The van der Waals surface area contributed by atoms with Crippen LogP contribution in [-0.4, -0.2) is 75.7 Å². The van der Waals surface area contributed by atoms with Crippen LogP contribution < -0.4 is 0 Å². The topological polar surface area (TPSA) is 164 Å². The first-order valence-corrected chi connectivity index (χ1v) is 10.9. The van der Waals surface area contributed by atoms with Crippen molar-refractivity contribution in [3.63, 3.8) is 0 Å². The molecule has 10 nitrogen and oxygen atoms in total. The van der Waals surface area contributed by atoms with Crippen molar-refractivity contribution >= 4 is 34.1 Å². The van der Waals surface area contributed by atoms with Crippen molar-refractivity contribution in [1.29, 1.82) is 0 Å². The molecule has 0 aromatic rings. The van der Waals surface area contributed by atoms with Crippen LogP contribution in [0.2, 0.25) is 5.82 Å². The molecular weight excluding hydrogens is 391 g/mol. The summed E-state index contributed by atoms with van der Waals surface area (Å²) in [6.07, 6.45) is 2.04. The molecular formula is C13H21BO10S2. The van der Waals surface area contributed by atoms with Gasteiger partial charge in [-0.2, -0.15) is 16.8 Å². The van der Waals surface area contributed by atoms with E-state index in [2.05, 4.69) is 0 Å². The summed E-state index contributed by atoms with van der Waals surface area (Å²) in [5, 5.41) is 9.17. The van der Waals surface area contributed by atoms with Crippen LogP contribution in [0.25, 0.3) is 0 Å². The highest BCUT2D eigenvalue weighted by molar-refractivity contribution is 7.86. The minimum Gasteiger partial charge on any atom is -0.498 e. The quantitative estimate of drug-likeness (QED) is 0.224. The van der Waals surface area contributed by atoms with Gasteiger partial charge in [-0.1, -0.05) is 0 Å². The standard InChI is InChI=1S/C13H21BO10S2/c14-12-10(23-3-1-5-25(17,18)19)7-9(13(15)16)8-11(12)24-4-2-6-26(20,21)22/h7-8,10,12H,1-6,14H2,(H,15,16)(H,17,18,19)(H,20,21,22). The lowest BCUT2D eigenvalue weighted by Gasteiger charge is -2.28. The third-order valence-electron chi connectivity index (χ3n) is 3.50. The molecule has 0 saturated heterocycles. The molecule has 0 fully saturated rings. The molecule has 0 amide bonds. The second kappa shape index (κ2) is 9.51. The Balaban J connectivity index is 2.67. The number of ether oxygens (including phenoxy) is 2. The number of rotatable bonds is 11. The Bertz CT molecular complexity index is 769. The Morgan fingerprint density at radius 1 is 1.08 bits per heavy atom. The number of hydrogen-bond acceptors (Lipinski definition) is 7. The molecule has 1 aliphatic rings. The van der Waals surface area contributed by atoms with Gasteiger partial charge < -0.3 is 14.6 Å². The SMILES string of the molecule is BC1C(OCCCS(=O)(=O)O)=CC(C(=O)O)=CC1OCCCS(=O)(=O)O. The smallest absolute Gasteiger partial charge is 0.335 e. The van der Waals surface area contributed by atoms with Crippen molar-refractivity contribution in [2.75, 3.05) is 24.7 Å². The number of hydrogen-bond donors (Lipinski definition) is 3. The molecule has 1 rings (SSSR count). The highest BCUT2D eigenvalue weighted by Crippen LogP contribution is 2.30. The van der Waals surface area contributed by atoms with Gasteiger partial charge in [0.25, 0.3) is 20.2 Å². The Labute approximate surface area is 152 Å². The number of aliphatic carboxylic acids is 1. The third-order valence-corrected chi connectivity index (χ3v) is 5.11. The van der Waals surface area contributed by atoms with E-state index < -0.39 is 49.6 Å². The van der Waals surface area contributed by atoms with E-state index >= 15 is 0 Å². The van der Waals surface area contributed by atoms with Gasteiger partial charge in [-0.3, -0.25) is 9.11 Å². The number of carbonyl (C=O) groups is 1. The largest absolute Gasteiger partial charge is 0.498 e. The highest BCUT2D eigenvalue weighted by Gasteiger charge is 2.28. The minimum absolute atomic E-state index is 0.0196. The van der Waals surface area contributed by atoms with Crippen molar-refractivity contribution < 1.29 is 45.3 Å². The van der Waals surface area contributed by atoms with Crippen LogP contribution in [0.5, 0.6) is 0 Å². The summed E-state index contributed by atoms with van der Waals surface area (Å²) in [6, 6.07) is 0. The molecule has 26 heavy (non-hydrogen) atoms. The van der Waals surface area contributed by atoms with Crippen LogP contribution in [0.1, 0.15) is 12.8 Å². The van der Waals surface area contributed by atoms with Crippen molar-refractivity contribution in [2.45, 2.75) is 24.8 Å². The molecule has 0 aromatic heterocycles. The second-order valence-electron chi connectivity index (χ2n) is 5.73. The molecule has 0 radical (unpaired) electrons. The first-order chi connectivity index (χ1) is 11.9. The fourth-order valence-electron chi connectivity index (χ4n) is 2.21. The first-order valence-electron chi connectivity index (χ1n) is 7.70. The lowest BCUT2D eigenvalue weighted by Crippen LogP contribution is -2.26. The van der Waals surface area contributed by atoms with Crippen LogP contribution >= 0.6 is 0 Å². The van der Waals surface area contributed by atoms with Gasteiger partial charge in [0.15, 0.2) is 0 Å². The Morgan fingerprint density at radius 2 is 1.62 bits per heavy atom. The zero-order valence-corrected chi connectivity index (χ0v) is 15.7. The molecule has 0 saturated carbocycles. The summed E-state index contributed by atoms with van der Waals surface area (Å²) in [5.74, 6) is -2.28. The van der Waals surface area contributed by atoms with Crippen molar-refractivity contribution in [2.24, 2.45) is 0 Å². The molecule has 1 aliphatic carbocycles. The van der Waals surface area contributed by atoms with E-state index in [1.54, 1.807) is 7.85 Å². The summed E-state index contributed by atoms with van der Waals surface area (Å²) < 4.78 is 71.0. The molecule has 13 heteroatoms. The number of carboxylic acids is 1. The lowest BCUT2D eigenvalue weighted by molar-refractivity contribution is -0.132. The second-order valence-corrected chi connectivity index (χ2v) is 8.87. The average molecular weight is 412 g/mol. The average Bonchev–Trinajstić information content (AvgIpc) is 2.48. The first kappa shape index (κ1) is 22.6. The van der Waals surface area contributed by atoms with Gasteiger partial charge in [0, 0.05) is 12.4 Å². The van der Waals surface area contributed by atoms with Crippen molar-refractivity contribution in [1.82, 2.24) is 0 Å². The fraction of sp³-hybridized carbons (Fsp3) is 0.615. The van der Waals surface area contributed by atoms with Crippen LogP contribution in [0, 0.1) is 0 Å². The monoisotopic (exact) mass is 412 g/mol. The zero-order valence-electron chi connectivity index (χ0n) is 14.1. The van der Waals surface area contributed by atoms with Crippen LogP contribution in [0.3, 0.4) is 0 Å². The van der Waals surface area contributed by atoms with Gasteiger partial charge >= 0.3 is 5.97 Å². The maximum atomic E-state index is 11.2. The molecule has 148 valence electrons. The molecule has 0 heterocycles. The van der Waals surface area contributed by atoms with Crippen LogP contribution in [0.15, 0.2) is 23.5 Å². The van der Waals surface area contributed by atoms with Crippen molar-refractivity contribution in [3.8, 4) is 0 Å². The van der Waals surface area contributed by atoms with E-state index in [1.807, 2.05) is 0 Å². The summed E-state index contributed by atoms with van der Waals surface area (Å²) in [4.78, 5) is 11.2. The van der Waals surface area contributed by atoms with E-state index in [4.69, 9.17) is 23.7 Å². The molecule has 0 aliphatic heterocycles. The van der Waals surface area contributed by atoms with E-state index in [0.717, 1.165) is 0 Å². The van der Waals surface area contributed by atoms with E-state index in [0.29, 0.717) is 0 Å². The minimum atomic E-state index is -4.10. The van der Waals surface area contributed by atoms with Gasteiger partial charge in [-0.05, 0) is 25.0 Å². The summed E-state index contributed by atoms with van der Waals surface area (Å²) >= 11 is 0. The molecule has 0 spiro atoms. The highest BCUT2D eigenvalue weighted by atomic mass is 32.2. The van der Waals surface area contributed by atoms with Gasteiger partial charge in [-0.15, -0.1) is 0 Å². The summed E-state index contributed by atoms with van der Waals surface area (Å²) in [5.41, 5.74) is -0.0762. The summed E-state index contributed by atoms with van der Waals surface area (Å²) in [6.45, 7) is -0.0629. The molecule has 0 bridgehead atoms. The predicted octanol–water partition coefficient (Wildman–Crippen LogP) is -0.726. The van der Waals surface area contributed by atoms with E-state index in [9.17, 15) is 21.6 Å². The van der Waals surface area contributed by atoms with Gasteiger partial charge in [0.1, 0.15) is 7.85 Å². The molecule has 0 aromatic carbocycles. The maximum absolute atomic E-state index is 11.2. The Hall–Kier alpha value is -1.41. The van der Waals surface area contributed by atoms with Gasteiger partial charge in [0.2, 0.25) is 0 Å². The predicted molar refractivity (Wildman–Crippen MR) is 93.9 cm³/mol. The van der Waals surface area contributed by atoms with Crippen molar-refractivity contribution in [3.05, 3.63) is 23.5 Å². The molecule has 2 atom stereocenters. The Morgan fingerprint density at radius 3 is 2.12 bits per heavy atom. The Kier molecular flexibility index (Phi) is 8.28. The molecule has 2 unspecified atom stereocenters. The number of carboxylic acid groups (broad SMARTS) is 1. The van der Waals surface area contributed by atoms with Gasteiger partial charge in [0.05, 0.1) is 35.5 Å². The fourth-order valence-corrected chi connectivity index (χ4v) is 3.17. The summed E-state index contributed by atoms with van der Waals surface area (Å²) in [7, 11) is -6.49. The lowest BCUT2D eigenvalue weighted by atomic mass is 9.76. The zero-order chi connectivity index (χ0) is 20.0. The van der Waals surface area contributed by atoms with E-state index in [1.165, 1.54) is 12.2 Å². The molecule has 3 N–H and O–H groups in total.